The van der Waals surface area contributed by atoms with Crippen molar-refractivity contribution in [3.63, 3.8) is 0 Å². The van der Waals surface area contributed by atoms with Crippen molar-refractivity contribution in [2.45, 2.75) is 12.3 Å². The number of halogens is 3. The maximum absolute atomic E-state index is 13.1. The maximum atomic E-state index is 13.1. The molecule has 0 bridgehead atoms. The molecule has 0 aromatic heterocycles. The van der Waals surface area contributed by atoms with Crippen LogP contribution >= 0.6 is 7.26 Å². The van der Waals surface area contributed by atoms with Crippen LogP contribution in [-0.4, -0.2) is 0 Å². The minimum absolute atomic E-state index is 0.613. The molecule has 4 aromatic carbocycles. The summed E-state index contributed by atoms with van der Waals surface area (Å²) in [5.74, 6) is 0. The molecular formula is C26H22F3P. The molecule has 0 spiro atoms. The molecule has 4 aromatic rings. The molecule has 30 heavy (non-hydrogen) atoms. The van der Waals surface area contributed by atoms with Gasteiger partial charge in [0.15, 0.2) is 0 Å². The van der Waals surface area contributed by atoms with Crippen molar-refractivity contribution in [1.29, 1.82) is 0 Å². The minimum atomic E-state index is -4.33. The molecule has 0 radical (unpaired) electrons. The van der Waals surface area contributed by atoms with Crippen LogP contribution < -0.4 is 15.9 Å². The summed E-state index contributed by atoms with van der Waals surface area (Å²) in [6.07, 6.45) is -3.64. The quantitative estimate of drug-likeness (QED) is 0.350. The van der Waals surface area contributed by atoms with Crippen LogP contribution in [0.1, 0.15) is 11.1 Å². The summed E-state index contributed by atoms with van der Waals surface area (Å²) in [4.78, 5) is 0. The monoisotopic (exact) mass is 422 g/mol. The third-order valence-corrected chi connectivity index (χ3v) is 10.4. The molecule has 4 rings (SSSR count). The molecule has 0 atom stereocenters. The van der Waals surface area contributed by atoms with Gasteiger partial charge in [-0.15, -0.1) is 0 Å². The van der Waals surface area contributed by atoms with Crippen LogP contribution in [-0.2, 0) is 12.3 Å². The van der Waals surface area contributed by atoms with Gasteiger partial charge >= 0.3 is 175 Å². The van der Waals surface area contributed by atoms with Gasteiger partial charge in [-0.1, -0.05) is 0 Å². The Bertz CT molecular complexity index is 977. The van der Waals surface area contributed by atoms with E-state index in [1.165, 1.54) is 28.0 Å². The van der Waals surface area contributed by atoms with Crippen molar-refractivity contribution in [3.05, 3.63) is 126 Å². The van der Waals surface area contributed by atoms with Crippen molar-refractivity contribution in [2.24, 2.45) is 0 Å². The van der Waals surface area contributed by atoms with Gasteiger partial charge in [0.25, 0.3) is 0 Å². The Kier molecular flexibility index (Phi) is 5.74. The van der Waals surface area contributed by atoms with Crippen molar-refractivity contribution < 1.29 is 13.2 Å². The Balaban J connectivity index is 1.91. The first-order valence-corrected chi connectivity index (χ1v) is 12.0. The van der Waals surface area contributed by atoms with E-state index in [2.05, 4.69) is 36.4 Å². The third kappa shape index (κ3) is 4.04. The first-order valence-electron chi connectivity index (χ1n) is 9.83. The van der Waals surface area contributed by atoms with Gasteiger partial charge in [-0.3, -0.25) is 0 Å². The summed E-state index contributed by atoms with van der Waals surface area (Å²) in [6.45, 7) is 0. The fraction of sp³-hybridized carbons (Fsp3) is 0.0769. The fourth-order valence-corrected chi connectivity index (χ4v) is 8.84. The van der Waals surface area contributed by atoms with Crippen molar-refractivity contribution in [2.75, 3.05) is 0 Å². The van der Waals surface area contributed by atoms with Crippen LogP contribution in [0.4, 0.5) is 13.2 Å². The standard InChI is InChI=1S/C26H22F3P/c27-26(28,29)22-18-16-21(17-19-22)20-30(23-10-4-1-5-11-23,24-12-6-2-7-13-24)25-14-8-3-9-15-25/h1-19,30H,20H2. The van der Waals surface area contributed by atoms with E-state index in [0.717, 1.165) is 5.56 Å². The zero-order valence-corrected chi connectivity index (χ0v) is 17.3. The summed E-state index contributed by atoms with van der Waals surface area (Å²) >= 11 is 0. The molecule has 0 saturated heterocycles. The summed E-state index contributed by atoms with van der Waals surface area (Å²) in [7, 11) is -2.51. The average molecular weight is 422 g/mol. The molecule has 0 aliphatic rings. The summed E-state index contributed by atoms with van der Waals surface area (Å²) < 4.78 is 39.2. The zero-order chi connectivity index (χ0) is 21.0. The van der Waals surface area contributed by atoms with Gasteiger partial charge in [0.05, 0.1) is 0 Å². The van der Waals surface area contributed by atoms with E-state index in [9.17, 15) is 13.2 Å². The summed E-state index contributed by atoms with van der Waals surface area (Å²) in [6, 6.07) is 36.7. The number of benzene rings is 4. The Hall–Kier alpha value is -2.90. The van der Waals surface area contributed by atoms with Gasteiger partial charge in [0.1, 0.15) is 0 Å². The molecule has 152 valence electrons. The molecule has 0 aliphatic heterocycles. The second-order valence-electron chi connectivity index (χ2n) is 7.37. The summed E-state index contributed by atoms with van der Waals surface area (Å²) in [5, 5.41) is 3.71. The molecule has 0 heterocycles. The number of hydrogen-bond donors (Lipinski definition) is 0. The van der Waals surface area contributed by atoms with E-state index in [4.69, 9.17) is 0 Å². The molecule has 0 amide bonds. The van der Waals surface area contributed by atoms with Crippen LogP contribution in [0.5, 0.6) is 0 Å². The van der Waals surface area contributed by atoms with E-state index >= 15 is 0 Å². The first kappa shape index (κ1) is 20.4. The van der Waals surface area contributed by atoms with Crippen molar-refractivity contribution in [3.8, 4) is 0 Å². The predicted molar refractivity (Wildman–Crippen MR) is 122 cm³/mol. The van der Waals surface area contributed by atoms with Crippen LogP contribution in [0.3, 0.4) is 0 Å². The Labute approximate surface area is 175 Å². The van der Waals surface area contributed by atoms with Crippen LogP contribution in [0.15, 0.2) is 115 Å². The van der Waals surface area contributed by atoms with Gasteiger partial charge in [-0.2, -0.15) is 0 Å². The molecule has 0 unspecified atom stereocenters. The predicted octanol–water partition coefficient (Wildman–Crippen LogP) is 5.93. The zero-order valence-electron chi connectivity index (χ0n) is 16.3. The number of rotatable bonds is 5. The molecule has 4 heteroatoms. The number of hydrogen-bond acceptors (Lipinski definition) is 0. The van der Waals surface area contributed by atoms with Crippen LogP contribution in [0.2, 0.25) is 0 Å². The van der Waals surface area contributed by atoms with Crippen LogP contribution in [0, 0.1) is 0 Å². The van der Waals surface area contributed by atoms with Crippen molar-refractivity contribution >= 4 is 23.2 Å². The third-order valence-electron chi connectivity index (χ3n) is 5.55. The fourth-order valence-electron chi connectivity index (χ4n) is 4.09. The Morgan fingerprint density at radius 2 is 0.867 bits per heavy atom. The molecule has 0 nitrogen and oxygen atoms in total. The Morgan fingerprint density at radius 3 is 1.20 bits per heavy atom. The van der Waals surface area contributed by atoms with E-state index in [-0.39, 0.29) is 0 Å². The Morgan fingerprint density at radius 1 is 0.500 bits per heavy atom. The van der Waals surface area contributed by atoms with Crippen molar-refractivity contribution in [1.82, 2.24) is 0 Å². The second kappa shape index (κ2) is 8.45. The summed E-state index contributed by atoms with van der Waals surface area (Å²) in [5.41, 5.74) is 0.295. The van der Waals surface area contributed by atoms with Gasteiger partial charge in [-0.25, -0.2) is 0 Å². The second-order valence-corrected chi connectivity index (χ2v) is 11.3. The first-order chi connectivity index (χ1) is 14.5. The van der Waals surface area contributed by atoms with Gasteiger partial charge in [-0.05, 0) is 0 Å². The normalized spacial score (nSPS) is 12.5. The van der Waals surface area contributed by atoms with Gasteiger partial charge in [0, 0.05) is 0 Å². The van der Waals surface area contributed by atoms with E-state index in [1.807, 2.05) is 54.6 Å². The van der Waals surface area contributed by atoms with E-state index in [0.29, 0.717) is 6.16 Å². The SMILES string of the molecule is FC(F)(F)c1ccc(C[PH](c2ccccc2)(c2ccccc2)c2ccccc2)cc1. The topological polar surface area (TPSA) is 0 Å². The van der Waals surface area contributed by atoms with E-state index < -0.39 is 19.0 Å². The number of alkyl halides is 3. The molecule has 0 fully saturated rings. The molecule has 0 N–H and O–H groups in total. The van der Waals surface area contributed by atoms with Gasteiger partial charge < -0.3 is 0 Å². The average Bonchev–Trinajstić information content (AvgIpc) is 2.79. The molecular weight excluding hydrogens is 400 g/mol. The molecule has 0 saturated carbocycles. The van der Waals surface area contributed by atoms with E-state index in [1.54, 1.807) is 12.1 Å². The van der Waals surface area contributed by atoms with Gasteiger partial charge in [0.2, 0.25) is 0 Å². The molecule has 0 aliphatic carbocycles. The van der Waals surface area contributed by atoms with Crippen LogP contribution in [0.25, 0.3) is 0 Å².